The van der Waals surface area contributed by atoms with Crippen molar-refractivity contribution in [1.29, 1.82) is 0 Å². The molecular formula is C23H33N5O4. The third-order valence-corrected chi connectivity index (χ3v) is 6.78. The van der Waals surface area contributed by atoms with E-state index >= 15 is 0 Å². The molecule has 2 saturated heterocycles. The largest absolute Gasteiger partial charge is 0.493 e. The minimum Gasteiger partial charge on any atom is -0.493 e. The monoisotopic (exact) mass is 443 g/mol. The van der Waals surface area contributed by atoms with E-state index in [-0.39, 0.29) is 29.8 Å². The van der Waals surface area contributed by atoms with Crippen LogP contribution >= 0.6 is 0 Å². The molecule has 0 spiro atoms. The SMILES string of the molecule is CN[C@@H](C)C(=O)N[C@H]1CNCC[C@H]2CC[C@@H](C(=O)N[C@@H]3CCOc4ccccc43)N2C1=O. The van der Waals surface area contributed by atoms with Gasteiger partial charge in [0.2, 0.25) is 17.7 Å². The number of carbonyl (C=O) groups excluding carboxylic acids is 3. The van der Waals surface area contributed by atoms with Crippen molar-refractivity contribution in [3.8, 4) is 5.75 Å². The van der Waals surface area contributed by atoms with Crippen LogP contribution in [0.5, 0.6) is 5.75 Å². The number of benzene rings is 1. The van der Waals surface area contributed by atoms with Crippen LogP contribution in [0.3, 0.4) is 0 Å². The van der Waals surface area contributed by atoms with Gasteiger partial charge < -0.3 is 30.9 Å². The van der Waals surface area contributed by atoms with Gasteiger partial charge in [-0.25, -0.2) is 0 Å². The first kappa shape index (κ1) is 22.5. The first-order chi connectivity index (χ1) is 15.5. The fourth-order valence-corrected chi connectivity index (χ4v) is 4.84. The Labute approximate surface area is 188 Å². The van der Waals surface area contributed by atoms with Crippen LogP contribution in [0.1, 0.15) is 44.2 Å². The predicted molar refractivity (Wildman–Crippen MR) is 119 cm³/mol. The number of nitrogens with one attached hydrogen (secondary N) is 4. The Hall–Kier alpha value is -2.65. The number of rotatable bonds is 5. The first-order valence-electron chi connectivity index (χ1n) is 11.5. The van der Waals surface area contributed by atoms with Crippen molar-refractivity contribution >= 4 is 17.7 Å². The van der Waals surface area contributed by atoms with E-state index in [1.807, 2.05) is 24.3 Å². The highest BCUT2D eigenvalue weighted by Crippen LogP contribution is 2.33. The molecule has 0 aliphatic carbocycles. The molecule has 0 aromatic heterocycles. The number of para-hydroxylation sites is 1. The molecule has 0 radical (unpaired) electrons. The Bertz CT molecular complexity index is 863. The predicted octanol–water partition coefficient (Wildman–Crippen LogP) is 0.0720. The zero-order chi connectivity index (χ0) is 22.7. The van der Waals surface area contributed by atoms with E-state index in [0.717, 1.165) is 30.7 Å². The summed E-state index contributed by atoms with van der Waals surface area (Å²) in [5.74, 6) is 0.237. The van der Waals surface area contributed by atoms with Gasteiger partial charge in [0, 0.05) is 24.6 Å². The summed E-state index contributed by atoms with van der Waals surface area (Å²) in [4.78, 5) is 41.0. The van der Waals surface area contributed by atoms with E-state index in [0.29, 0.717) is 26.0 Å². The van der Waals surface area contributed by atoms with Crippen LogP contribution < -0.4 is 26.0 Å². The number of amides is 3. The summed E-state index contributed by atoms with van der Waals surface area (Å²) in [6, 6.07) is 5.97. The molecule has 174 valence electrons. The minimum absolute atomic E-state index is 0.00542. The number of carbonyl (C=O) groups is 3. The third kappa shape index (κ3) is 4.59. The summed E-state index contributed by atoms with van der Waals surface area (Å²) in [5, 5.41) is 12.2. The molecular weight excluding hydrogens is 410 g/mol. The molecule has 0 bridgehead atoms. The lowest BCUT2D eigenvalue weighted by atomic mass is 10.00. The standard InChI is InChI=1S/C23H33N5O4/c1-14(24-2)21(29)27-18-13-25-11-9-15-7-8-19(28(15)23(18)31)22(30)26-17-10-12-32-20-6-4-3-5-16(17)20/h3-6,14-15,17-19,24-25H,7-13H2,1-2H3,(H,26,30)(H,27,29)/t14-,15+,17+,18-,19-/m0/s1. The summed E-state index contributed by atoms with van der Waals surface area (Å²) in [6.45, 7) is 3.38. The molecule has 3 amide bonds. The second-order valence-corrected chi connectivity index (χ2v) is 8.79. The molecule has 0 saturated carbocycles. The maximum absolute atomic E-state index is 13.5. The van der Waals surface area contributed by atoms with E-state index in [1.165, 1.54) is 0 Å². The molecule has 1 aromatic rings. The summed E-state index contributed by atoms with van der Waals surface area (Å²) < 4.78 is 5.71. The highest BCUT2D eigenvalue weighted by Gasteiger charge is 2.44. The number of hydrogen-bond donors (Lipinski definition) is 4. The van der Waals surface area contributed by atoms with Gasteiger partial charge in [0.05, 0.1) is 18.7 Å². The second-order valence-electron chi connectivity index (χ2n) is 8.79. The maximum atomic E-state index is 13.5. The molecule has 1 aromatic carbocycles. The normalized spacial score (nSPS) is 28.4. The number of fused-ring (bicyclic) bond motifs is 2. The highest BCUT2D eigenvalue weighted by molar-refractivity contribution is 5.94. The lowest BCUT2D eigenvalue weighted by molar-refractivity contribution is -0.144. The van der Waals surface area contributed by atoms with Crippen LogP contribution in [0.15, 0.2) is 24.3 Å². The van der Waals surface area contributed by atoms with Crippen LogP contribution in [0.4, 0.5) is 0 Å². The first-order valence-corrected chi connectivity index (χ1v) is 11.5. The molecule has 3 heterocycles. The van der Waals surface area contributed by atoms with Crippen LogP contribution in [0.2, 0.25) is 0 Å². The lowest BCUT2D eigenvalue weighted by Crippen LogP contribution is -2.61. The molecule has 9 nitrogen and oxygen atoms in total. The van der Waals surface area contributed by atoms with Gasteiger partial charge in [-0.05, 0) is 45.8 Å². The fraction of sp³-hybridized carbons (Fsp3) is 0.609. The van der Waals surface area contributed by atoms with Crippen molar-refractivity contribution in [2.75, 3.05) is 26.7 Å². The Kier molecular flexibility index (Phi) is 6.95. The van der Waals surface area contributed by atoms with Crippen molar-refractivity contribution in [3.05, 3.63) is 29.8 Å². The molecule has 3 aliphatic heterocycles. The molecule has 3 aliphatic rings. The third-order valence-electron chi connectivity index (χ3n) is 6.78. The van der Waals surface area contributed by atoms with Gasteiger partial charge in [0.25, 0.3) is 0 Å². The number of likely N-dealkylation sites (N-methyl/N-ethyl adjacent to an activating group) is 1. The van der Waals surface area contributed by atoms with Gasteiger partial charge in [0.1, 0.15) is 17.8 Å². The van der Waals surface area contributed by atoms with Crippen molar-refractivity contribution in [2.45, 2.75) is 62.8 Å². The van der Waals surface area contributed by atoms with Gasteiger partial charge in [-0.1, -0.05) is 18.2 Å². The second kappa shape index (κ2) is 9.87. The van der Waals surface area contributed by atoms with Gasteiger partial charge in [-0.2, -0.15) is 0 Å². The summed E-state index contributed by atoms with van der Waals surface area (Å²) in [7, 11) is 1.70. The van der Waals surface area contributed by atoms with E-state index in [9.17, 15) is 14.4 Å². The van der Waals surface area contributed by atoms with Crippen LogP contribution in [0, 0.1) is 0 Å². The maximum Gasteiger partial charge on any atom is 0.247 e. The zero-order valence-electron chi connectivity index (χ0n) is 18.7. The summed E-state index contributed by atoms with van der Waals surface area (Å²) in [6.07, 6.45) is 2.89. The van der Waals surface area contributed by atoms with Crippen LogP contribution in [0.25, 0.3) is 0 Å². The number of hydrogen-bond acceptors (Lipinski definition) is 6. The quantitative estimate of drug-likeness (QED) is 0.513. The van der Waals surface area contributed by atoms with E-state index < -0.39 is 18.1 Å². The van der Waals surface area contributed by atoms with Gasteiger partial charge in [-0.15, -0.1) is 0 Å². The van der Waals surface area contributed by atoms with Gasteiger partial charge >= 0.3 is 0 Å². The molecule has 0 unspecified atom stereocenters. The molecule has 32 heavy (non-hydrogen) atoms. The van der Waals surface area contributed by atoms with Crippen LogP contribution in [-0.4, -0.2) is 73.5 Å². The van der Waals surface area contributed by atoms with Crippen molar-refractivity contribution in [3.63, 3.8) is 0 Å². The molecule has 2 fully saturated rings. The minimum atomic E-state index is -0.696. The molecule has 5 atom stereocenters. The summed E-state index contributed by atoms with van der Waals surface area (Å²) >= 11 is 0. The van der Waals surface area contributed by atoms with Gasteiger partial charge in [0.15, 0.2) is 0 Å². The number of ether oxygens (including phenoxy) is 1. The van der Waals surface area contributed by atoms with E-state index in [4.69, 9.17) is 4.74 Å². The Morgan fingerprint density at radius 2 is 1.94 bits per heavy atom. The fourth-order valence-electron chi connectivity index (χ4n) is 4.84. The van der Waals surface area contributed by atoms with E-state index in [1.54, 1.807) is 18.9 Å². The van der Waals surface area contributed by atoms with Crippen molar-refractivity contribution in [1.82, 2.24) is 26.2 Å². The molecule has 9 heteroatoms. The van der Waals surface area contributed by atoms with E-state index in [2.05, 4.69) is 21.3 Å². The van der Waals surface area contributed by atoms with Crippen molar-refractivity contribution < 1.29 is 19.1 Å². The lowest BCUT2D eigenvalue weighted by Gasteiger charge is -2.36. The van der Waals surface area contributed by atoms with Crippen LogP contribution in [-0.2, 0) is 14.4 Å². The Balaban J connectivity index is 1.49. The smallest absolute Gasteiger partial charge is 0.247 e. The Morgan fingerprint density at radius 1 is 1.12 bits per heavy atom. The zero-order valence-corrected chi connectivity index (χ0v) is 18.7. The average molecular weight is 444 g/mol. The molecule has 4 N–H and O–H groups in total. The highest BCUT2D eigenvalue weighted by atomic mass is 16.5. The van der Waals surface area contributed by atoms with Gasteiger partial charge in [-0.3, -0.25) is 14.4 Å². The average Bonchev–Trinajstić information content (AvgIpc) is 3.22. The van der Waals surface area contributed by atoms with Crippen molar-refractivity contribution in [2.24, 2.45) is 0 Å². The summed E-state index contributed by atoms with van der Waals surface area (Å²) in [5.41, 5.74) is 0.969. The molecule has 4 rings (SSSR count). The topological polar surface area (TPSA) is 112 Å². The number of nitrogens with zero attached hydrogens (tertiary/aromatic N) is 1. The Morgan fingerprint density at radius 3 is 2.75 bits per heavy atom.